The van der Waals surface area contributed by atoms with Gasteiger partial charge in [-0.05, 0) is 58.0 Å². The average Bonchev–Trinajstić information content (AvgIpc) is 3.10. The summed E-state index contributed by atoms with van der Waals surface area (Å²) < 4.78 is 33.4. The molecule has 4 rings (SSSR count). The van der Waals surface area contributed by atoms with Crippen LogP contribution in [0.15, 0.2) is 40.9 Å². The Balaban J connectivity index is 1.93. The third-order valence-electron chi connectivity index (χ3n) is 5.27. The highest BCUT2D eigenvalue weighted by Gasteiger charge is 2.49. The Morgan fingerprint density at radius 1 is 1.34 bits per heavy atom. The van der Waals surface area contributed by atoms with Gasteiger partial charge in [0.25, 0.3) is 0 Å². The van der Waals surface area contributed by atoms with E-state index in [4.69, 9.17) is 16.6 Å². The van der Waals surface area contributed by atoms with Crippen LogP contribution in [0.1, 0.15) is 51.5 Å². The van der Waals surface area contributed by atoms with E-state index in [0.29, 0.717) is 21.5 Å². The molecule has 2 heterocycles. The Bertz CT molecular complexity index is 1080. The predicted octanol–water partition coefficient (Wildman–Crippen LogP) is 5.85. The van der Waals surface area contributed by atoms with Crippen molar-refractivity contribution in [2.45, 2.75) is 50.4 Å². The van der Waals surface area contributed by atoms with Gasteiger partial charge >= 0.3 is 0 Å². The van der Waals surface area contributed by atoms with Gasteiger partial charge in [0.15, 0.2) is 0 Å². The molecule has 1 N–H and O–H groups in total. The summed E-state index contributed by atoms with van der Waals surface area (Å²) in [6.07, 6.45) is 0.513. The summed E-state index contributed by atoms with van der Waals surface area (Å²) in [5.41, 5.74) is 1.46. The molecule has 2 unspecified atom stereocenters. The summed E-state index contributed by atoms with van der Waals surface area (Å²) in [5.74, 6) is 0.438. The minimum absolute atomic E-state index is 0.291. The molecule has 1 aliphatic heterocycles. The third-order valence-corrected chi connectivity index (χ3v) is 7.94. The summed E-state index contributed by atoms with van der Waals surface area (Å²) in [6.45, 7) is 7.73. The van der Waals surface area contributed by atoms with E-state index in [0.717, 1.165) is 16.9 Å². The van der Waals surface area contributed by atoms with E-state index < -0.39 is 21.6 Å². The van der Waals surface area contributed by atoms with E-state index in [1.165, 1.54) is 6.07 Å². The van der Waals surface area contributed by atoms with Crippen molar-refractivity contribution in [1.29, 1.82) is 0 Å². The second kappa shape index (κ2) is 7.24. The molecule has 4 nitrogen and oxygen atoms in total. The Morgan fingerprint density at radius 3 is 2.72 bits per heavy atom. The van der Waals surface area contributed by atoms with Crippen molar-refractivity contribution in [1.82, 2.24) is 14.3 Å². The number of rotatable bonds is 3. The van der Waals surface area contributed by atoms with Crippen LogP contribution in [0.2, 0.25) is 5.02 Å². The van der Waals surface area contributed by atoms with Gasteiger partial charge in [-0.15, -0.1) is 4.72 Å². The fourth-order valence-corrected chi connectivity index (χ4v) is 5.51. The first-order valence-electron chi connectivity index (χ1n) is 9.33. The molecule has 0 saturated heterocycles. The zero-order valence-electron chi connectivity index (χ0n) is 16.6. The zero-order valence-corrected chi connectivity index (χ0v) is 19.8. The molecule has 3 atom stereocenters. The first-order valence-corrected chi connectivity index (χ1v) is 11.6. The minimum atomic E-state index is -1.32. The van der Waals surface area contributed by atoms with E-state index >= 15 is 0 Å². The van der Waals surface area contributed by atoms with Crippen molar-refractivity contribution in [3.05, 3.63) is 63.1 Å². The van der Waals surface area contributed by atoms with Gasteiger partial charge in [-0.1, -0.05) is 33.6 Å². The van der Waals surface area contributed by atoms with Gasteiger partial charge < -0.3 is 9.12 Å². The summed E-state index contributed by atoms with van der Waals surface area (Å²) >= 11 is 8.46. The van der Waals surface area contributed by atoms with Crippen molar-refractivity contribution in [2.75, 3.05) is 0 Å². The van der Waals surface area contributed by atoms with Gasteiger partial charge in [0, 0.05) is 32.8 Å². The van der Waals surface area contributed by atoms with Crippen LogP contribution in [0.5, 0.6) is 0 Å². The quantitative estimate of drug-likeness (QED) is 0.461. The highest BCUT2D eigenvalue weighted by Crippen LogP contribution is 2.47. The standard InChI is InChI=1S/C21H22BrClFN3OS/c1-20(2,3)29(28)26-21(4)11-17(18-13(22)6-5-7-14(18)24)27-16-10-12(23)8-9-15(16)25-19(21)27/h5-10,17,26H,11H2,1-4H3/t17-,21?,29?/m1/s1. The number of fused-ring (bicyclic) bond motifs is 3. The first-order chi connectivity index (χ1) is 13.5. The lowest BCUT2D eigenvalue weighted by atomic mass is 9.94. The van der Waals surface area contributed by atoms with Crippen LogP contribution >= 0.6 is 27.5 Å². The van der Waals surface area contributed by atoms with Crippen LogP contribution in [0, 0.1) is 5.82 Å². The van der Waals surface area contributed by atoms with E-state index in [1.54, 1.807) is 12.1 Å². The van der Waals surface area contributed by atoms with Gasteiger partial charge in [-0.2, -0.15) is 0 Å². The predicted molar refractivity (Wildman–Crippen MR) is 120 cm³/mol. The van der Waals surface area contributed by atoms with Crippen LogP contribution in [-0.4, -0.2) is 18.9 Å². The molecule has 0 fully saturated rings. The molecule has 0 saturated carbocycles. The summed E-state index contributed by atoms with van der Waals surface area (Å²) in [6, 6.07) is 10.1. The Morgan fingerprint density at radius 2 is 2.07 bits per heavy atom. The Labute approximate surface area is 186 Å². The molecule has 1 aromatic heterocycles. The zero-order chi connectivity index (χ0) is 21.1. The van der Waals surface area contributed by atoms with E-state index in [9.17, 15) is 8.94 Å². The van der Waals surface area contributed by atoms with Gasteiger partial charge in [0.2, 0.25) is 0 Å². The highest BCUT2D eigenvalue weighted by molar-refractivity contribution is 9.10. The van der Waals surface area contributed by atoms with Crippen LogP contribution in [0.3, 0.4) is 0 Å². The molecule has 0 spiro atoms. The van der Waals surface area contributed by atoms with Gasteiger partial charge in [-0.25, -0.2) is 9.37 Å². The molecule has 0 aliphatic carbocycles. The van der Waals surface area contributed by atoms with E-state index in [1.807, 2.05) is 50.5 Å². The lowest BCUT2D eigenvalue weighted by molar-refractivity contribution is 0.395. The number of nitrogens with zero attached hydrogens (tertiary/aromatic N) is 2. The first kappa shape index (κ1) is 21.1. The second-order valence-electron chi connectivity index (χ2n) is 8.61. The molecule has 0 radical (unpaired) electrons. The third kappa shape index (κ3) is 3.61. The molecular formula is C21H22BrClFN3OS. The molecule has 2 aromatic carbocycles. The molecule has 3 aromatic rings. The summed E-state index contributed by atoms with van der Waals surface area (Å²) in [5, 5.41) is 0.589. The van der Waals surface area contributed by atoms with E-state index in [2.05, 4.69) is 20.7 Å². The normalized spacial score (nSPS) is 22.8. The molecule has 0 amide bonds. The molecular weight excluding hydrogens is 477 g/mol. The number of imidazole rings is 1. The molecule has 29 heavy (non-hydrogen) atoms. The topological polar surface area (TPSA) is 52.9 Å². The largest absolute Gasteiger partial charge is 0.598 e. The number of halogens is 3. The molecule has 0 bridgehead atoms. The van der Waals surface area contributed by atoms with Crippen LogP contribution in [0.4, 0.5) is 4.39 Å². The summed E-state index contributed by atoms with van der Waals surface area (Å²) in [7, 11) is 0. The lowest BCUT2D eigenvalue weighted by Crippen LogP contribution is -2.49. The Kier molecular flexibility index (Phi) is 5.27. The fourth-order valence-electron chi connectivity index (χ4n) is 3.85. The second-order valence-corrected chi connectivity index (χ2v) is 11.9. The van der Waals surface area contributed by atoms with Gasteiger partial charge in [0.05, 0.1) is 17.1 Å². The maximum Gasteiger partial charge on any atom is 0.136 e. The smallest absolute Gasteiger partial charge is 0.136 e. The van der Waals surface area contributed by atoms with Crippen LogP contribution in [-0.2, 0) is 16.9 Å². The van der Waals surface area contributed by atoms with E-state index in [-0.39, 0.29) is 11.9 Å². The van der Waals surface area contributed by atoms with Gasteiger partial charge in [0.1, 0.15) is 21.9 Å². The number of benzene rings is 2. The summed E-state index contributed by atoms with van der Waals surface area (Å²) in [4.78, 5) is 4.83. The van der Waals surface area contributed by atoms with Crippen molar-refractivity contribution in [3.63, 3.8) is 0 Å². The molecule has 154 valence electrons. The maximum absolute atomic E-state index is 14.9. The highest BCUT2D eigenvalue weighted by atomic mass is 79.9. The Hall–Kier alpha value is -1.12. The minimum Gasteiger partial charge on any atom is -0.598 e. The van der Waals surface area contributed by atoms with Crippen molar-refractivity contribution in [2.24, 2.45) is 0 Å². The molecule has 8 heteroatoms. The van der Waals surface area contributed by atoms with Crippen molar-refractivity contribution in [3.8, 4) is 0 Å². The van der Waals surface area contributed by atoms with Crippen LogP contribution < -0.4 is 4.72 Å². The van der Waals surface area contributed by atoms with Crippen molar-refractivity contribution < 1.29 is 8.94 Å². The number of nitrogens with one attached hydrogen (secondary N) is 1. The van der Waals surface area contributed by atoms with Crippen LogP contribution in [0.25, 0.3) is 11.0 Å². The molecule has 1 aliphatic rings. The van der Waals surface area contributed by atoms with Crippen molar-refractivity contribution >= 4 is 49.9 Å². The number of hydrogen-bond donors (Lipinski definition) is 1. The SMILES string of the molecule is CC1(N[S+]([O-])C(C)(C)C)C[C@H](c2c(F)cccc2Br)n2c1nc1ccc(Cl)cc12. The monoisotopic (exact) mass is 497 g/mol. The lowest BCUT2D eigenvalue weighted by Gasteiger charge is -2.31. The van der Waals surface area contributed by atoms with Gasteiger partial charge in [-0.3, -0.25) is 0 Å². The fraction of sp³-hybridized carbons (Fsp3) is 0.381. The number of aromatic nitrogens is 2. The maximum atomic E-state index is 14.9. The average molecular weight is 499 g/mol. The number of hydrogen-bond acceptors (Lipinski definition) is 3.